The maximum absolute atomic E-state index is 12.8. The molecule has 134 valence electrons. The average Bonchev–Trinajstić information content (AvgIpc) is 3.01. The summed E-state index contributed by atoms with van der Waals surface area (Å²) in [4.78, 5) is 25.9. The lowest BCUT2D eigenvalue weighted by Crippen LogP contribution is -2.18. The number of nitrogens with one attached hydrogen (secondary N) is 1. The number of benzene rings is 1. The first kappa shape index (κ1) is 18.8. The first-order valence-corrected chi connectivity index (χ1v) is 8.20. The number of carbonyl (C=O) groups excluding carboxylic acids is 2. The van der Waals surface area contributed by atoms with Crippen molar-refractivity contribution in [3.05, 3.63) is 48.0 Å². The van der Waals surface area contributed by atoms with E-state index in [4.69, 9.17) is 0 Å². The van der Waals surface area contributed by atoms with E-state index in [2.05, 4.69) is 15.3 Å². The molecule has 0 bridgehead atoms. The van der Waals surface area contributed by atoms with Crippen LogP contribution in [-0.4, -0.2) is 47.0 Å². The number of amides is 1. The van der Waals surface area contributed by atoms with Crippen LogP contribution in [0.4, 0.5) is 10.1 Å². The average molecular weight is 346 g/mol. The molecule has 0 aliphatic carbocycles. The molecule has 0 aliphatic heterocycles. The van der Waals surface area contributed by atoms with Crippen molar-refractivity contribution in [1.29, 1.82) is 0 Å². The number of rotatable bonds is 9. The standard InChI is InChI=1S/C18H23FN4O2/c1-22(2)10-11-23-13-16(12-20-23)21-18(25)5-3-4-17(24)14-6-8-15(19)9-7-14/h6-9,12-13H,3-5,10-11H2,1-2H3,(H,21,25). The van der Waals surface area contributed by atoms with Gasteiger partial charge in [-0.15, -0.1) is 0 Å². The second kappa shape index (κ2) is 9.08. The van der Waals surface area contributed by atoms with Gasteiger partial charge in [0.2, 0.25) is 5.91 Å². The van der Waals surface area contributed by atoms with Gasteiger partial charge in [0.05, 0.1) is 18.4 Å². The van der Waals surface area contributed by atoms with E-state index in [1.807, 2.05) is 14.1 Å². The molecule has 0 fully saturated rings. The van der Waals surface area contributed by atoms with Gasteiger partial charge in [0, 0.05) is 31.1 Å². The summed E-state index contributed by atoms with van der Waals surface area (Å²) >= 11 is 0. The van der Waals surface area contributed by atoms with Crippen LogP contribution in [-0.2, 0) is 11.3 Å². The van der Waals surface area contributed by atoms with Crippen molar-refractivity contribution in [2.75, 3.05) is 26.0 Å². The van der Waals surface area contributed by atoms with E-state index < -0.39 is 0 Å². The zero-order chi connectivity index (χ0) is 18.2. The molecular formula is C18H23FN4O2. The lowest BCUT2D eigenvalue weighted by molar-refractivity contribution is -0.116. The van der Waals surface area contributed by atoms with Crippen molar-refractivity contribution in [3.63, 3.8) is 0 Å². The topological polar surface area (TPSA) is 67.2 Å². The van der Waals surface area contributed by atoms with Crippen LogP contribution >= 0.6 is 0 Å². The van der Waals surface area contributed by atoms with Crippen molar-refractivity contribution in [3.8, 4) is 0 Å². The fourth-order valence-corrected chi connectivity index (χ4v) is 2.27. The lowest BCUT2D eigenvalue weighted by Gasteiger charge is -2.08. The summed E-state index contributed by atoms with van der Waals surface area (Å²) in [5, 5.41) is 6.96. The third-order valence-corrected chi connectivity index (χ3v) is 3.67. The molecule has 1 aromatic heterocycles. The molecule has 0 saturated heterocycles. The van der Waals surface area contributed by atoms with Gasteiger partial charge < -0.3 is 10.2 Å². The summed E-state index contributed by atoms with van der Waals surface area (Å²) in [7, 11) is 3.97. The highest BCUT2D eigenvalue weighted by Gasteiger charge is 2.09. The molecular weight excluding hydrogens is 323 g/mol. The molecule has 7 heteroatoms. The number of halogens is 1. The van der Waals surface area contributed by atoms with Crippen molar-refractivity contribution in [1.82, 2.24) is 14.7 Å². The van der Waals surface area contributed by atoms with Crippen LogP contribution in [0.1, 0.15) is 29.6 Å². The second-order valence-corrected chi connectivity index (χ2v) is 6.13. The van der Waals surface area contributed by atoms with E-state index in [-0.39, 0.29) is 30.3 Å². The maximum atomic E-state index is 12.8. The summed E-state index contributed by atoms with van der Waals surface area (Å²) in [6.45, 7) is 1.61. The minimum atomic E-state index is -0.373. The van der Waals surface area contributed by atoms with E-state index in [9.17, 15) is 14.0 Å². The third kappa shape index (κ3) is 6.46. The molecule has 2 rings (SSSR count). The molecule has 1 amide bonds. The number of nitrogens with zero attached hydrogens (tertiary/aromatic N) is 3. The minimum absolute atomic E-state index is 0.0932. The number of hydrogen-bond acceptors (Lipinski definition) is 4. The number of ketones is 1. The largest absolute Gasteiger partial charge is 0.323 e. The fourth-order valence-electron chi connectivity index (χ4n) is 2.27. The van der Waals surface area contributed by atoms with Gasteiger partial charge in [0.25, 0.3) is 0 Å². The number of hydrogen-bond donors (Lipinski definition) is 1. The first-order valence-electron chi connectivity index (χ1n) is 8.20. The Morgan fingerprint density at radius 2 is 1.92 bits per heavy atom. The molecule has 1 aromatic carbocycles. The molecule has 0 aliphatic rings. The van der Waals surface area contributed by atoms with E-state index >= 15 is 0 Å². The number of Topliss-reactive ketones (excluding diaryl/α,β-unsaturated/α-hetero) is 1. The Morgan fingerprint density at radius 3 is 2.60 bits per heavy atom. The van der Waals surface area contributed by atoms with Gasteiger partial charge >= 0.3 is 0 Å². The molecule has 25 heavy (non-hydrogen) atoms. The number of anilines is 1. The molecule has 0 unspecified atom stereocenters. The Hall–Kier alpha value is -2.54. The Balaban J connectivity index is 1.71. The van der Waals surface area contributed by atoms with E-state index in [0.717, 1.165) is 13.1 Å². The van der Waals surface area contributed by atoms with E-state index in [1.54, 1.807) is 17.1 Å². The summed E-state index contributed by atoms with van der Waals surface area (Å²) in [6.07, 6.45) is 4.33. The van der Waals surface area contributed by atoms with E-state index in [0.29, 0.717) is 17.7 Å². The second-order valence-electron chi connectivity index (χ2n) is 6.13. The van der Waals surface area contributed by atoms with Gasteiger partial charge in [-0.1, -0.05) is 0 Å². The van der Waals surface area contributed by atoms with Crippen LogP contribution < -0.4 is 5.32 Å². The first-order chi connectivity index (χ1) is 11.9. The van der Waals surface area contributed by atoms with Gasteiger partial charge in [-0.3, -0.25) is 14.3 Å². The Bertz CT molecular complexity index is 710. The predicted octanol–water partition coefficient (Wildman–Crippen LogP) is 2.58. The SMILES string of the molecule is CN(C)CCn1cc(NC(=O)CCCC(=O)c2ccc(F)cc2)cn1. The fraction of sp³-hybridized carbons (Fsp3) is 0.389. The quantitative estimate of drug-likeness (QED) is 0.709. The van der Waals surface area contributed by atoms with Crippen molar-refractivity contribution in [2.24, 2.45) is 0 Å². The van der Waals surface area contributed by atoms with Gasteiger partial charge in [-0.25, -0.2) is 4.39 Å². The maximum Gasteiger partial charge on any atom is 0.224 e. The van der Waals surface area contributed by atoms with Crippen LogP contribution in [0.5, 0.6) is 0 Å². The Labute approximate surface area is 146 Å². The zero-order valence-corrected chi connectivity index (χ0v) is 14.5. The highest BCUT2D eigenvalue weighted by molar-refractivity contribution is 5.96. The predicted molar refractivity (Wildman–Crippen MR) is 94.0 cm³/mol. The molecule has 1 N–H and O–H groups in total. The van der Waals surface area contributed by atoms with Crippen molar-refractivity contribution in [2.45, 2.75) is 25.8 Å². The summed E-state index contributed by atoms with van der Waals surface area (Å²) in [6, 6.07) is 5.43. The van der Waals surface area contributed by atoms with Gasteiger partial charge in [-0.2, -0.15) is 5.10 Å². The molecule has 2 aromatic rings. The van der Waals surface area contributed by atoms with Gasteiger partial charge in [0.15, 0.2) is 5.78 Å². The minimum Gasteiger partial charge on any atom is -0.323 e. The number of likely N-dealkylation sites (N-methyl/N-ethyl adjacent to an activating group) is 1. The van der Waals surface area contributed by atoms with Crippen LogP contribution in [0, 0.1) is 5.82 Å². The summed E-state index contributed by atoms with van der Waals surface area (Å²) in [5.74, 6) is -0.620. The van der Waals surface area contributed by atoms with Crippen LogP contribution in [0.3, 0.4) is 0 Å². The normalized spacial score (nSPS) is 10.9. The molecule has 0 radical (unpaired) electrons. The molecule has 0 spiro atoms. The van der Waals surface area contributed by atoms with Gasteiger partial charge in [-0.05, 0) is 44.8 Å². The van der Waals surface area contributed by atoms with Crippen LogP contribution in [0.25, 0.3) is 0 Å². The van der Waals surface area contributed by atoms with E-state index in [1.165, 1.54) is 24.3 Å². The Morgan fingerprint density at radius 1 is 1.20 bits per heavy atom. The molecule has 6 nitrogen and oxygen atoms in total. The smallest absolute Gasteiger partial charge is 0.224 e. The molecule has 0 saturated carbocycles. The van der Waals surface area contributed by atoms with Crippen molar-refractivity contribution >= 4 is 17.4 Å². The zero-order valence-electron chi connectivity index (χ0n) is 14.5. The molecule has 0 atom stereocenters. The van der Waals surface area contributed by atoms with Crippen LogP contribution in [0.2, 0.25) is 0 Å². The molecule has 1 heterocycles. The van der Waals surface area contributed by atoms with Crippen LogP contribution in [0.15, 0.2) is 36.7 Å². The highest BCUT2D eigenvalue weighted by atomic mass is 19.1. The summed E-state index contributed by atoms with van der Waals surface area (Å²) in [5.41, 5.74) is 1.11. The third-order valence-electron chi connectivity index (χ3n) is 3.67. The lowest BCUT2D eigenvalue weighted by atomic mass is 10.1. The highest BCUT2D eigenvalue weighted by Crippen LogP contribution is 2.10. The Kier molecular flexibility index (Phi) is 6.82. The number of aromatic nitrogens is 2. The monoisotopic (exact) mass is 346 g/mol. The van der Waals surface area contributed by atoms with Crippen molar-refractivity contribution < 1.29 is 14.0 Å². The van der Waals surface area contributed by atoms with Gasteiger partial charge in [0.1, 0.15) is 5.82 Å². The number of carbonyl (C=O) groups is 2. The summed E-state index contributed by atoms with van der Waals surface area (Å²) < 4.78 is 14.6.